The van der Waals surface area contributed by atoms with Crippen molar-refractivity contribution in [2.75, 3.05) is 19.6 Å². The van der Waals surface area contributed by atoms with Crippen molar-refractivity contribution in [3.05, 3.63) is 12.7 Å². The van der Waals surface area contributed by atoms with Crippen LogP contribution in [0.2, 0.25) is 0 Å². The van der Waals surface area contributed by atoms with E-state index >= 15 is 0 Å². The number of amides is 3. The standard InChI is InChI=1S/C15H23N3O4/c1-4-7-17-8-5-15(6-9-17)13(21)18(14(22)16-15)11(10(2)3)12(19)20/h4,10-11H,1,5-9H2,2-3H3,(H,16,22)(H,19,20). The number of piperidine rings is 1. The van der Waals surface area contributed by atoms with Crippen molar-refractivity contribution in [1.82, 2.24) is 15.1 Å². The summed E-state index contributed by atoms with van der Waals surface area (Å²) in [4.78, 5) is 39.4. The molecule has 2 heterocycles. The number of carbonyl (C=O) groups is 3. The van der Waals surface area contributed by atoms with Gasteiger partial charge >= 0.3 is 12.0 Å². The third-order valence-electron chi connectivity index (χ3n) is 4.45. The molecule has 0 aliphatic carbocycles. The monoisotopic (exact) mass is 309 g/mol. The van der Waals surface area contributed by atoms with Gasteiger partial charge in [0.2, 0.25) is 0 Å². The van der Waals surface area contributed by atoms with Crippen LogP contribution in [0.4, 0.5) is 4.79 Å². The number of nitrogens with zero attached hydrogens (tertiary/aromatic N) is 2. The van der Waals surface area contributed by atoms with E-state index in [-0.39, 0.29) is 5.92 Å². The molecule has 1 spiro atoms. The molecule has 2 rings (SSSR count). The minimum Gasteiger partial charge on any atom is -0.480 e. The van der Waals surface area contributed by atoms with E-state index in [1.165, 1.54) is 0 Å². The Kier molecular flexibility index (Phi) is 4.55. The van der Waals surface area contributed by atoms with E-state index in [1.807, 2.05) is 0 Å². The van der Waals surface area contributed by atoms with E-state index in [0.717, 1.165) is 11.4 Å². The molecule has 0 bridgehead atoms. The second-order valence-corrected chi connectivity index (χ2v) is 6.30. The van der Waals surface area contributed by atoms with Crippen LogP contribution in [0.5, 0.6) is 0 Å². The summed E-state index contributed by atoms with van der Waals surface area (Å²) < 4.78 is 0. The molecule has 2 aliphatic heterocycles. The Morgan fingerprint density at radius 1 is 1.41 bits per heavy atom. The van der Waals surface area contributed by atoms with Gasteiger partial charge in [-0.15, -0.1) is 6.58 Å². The average molecular weight is 309 g/mol. The number of nitrogens with one attached hydrogen (secondary N) is 1. The molecule has 0 aromatic rings. The van der Waals surface area contributed by atoms with Crippen LogP contribution >= 0.6 is 0 Å². The normalized spacial score (nSPS) is 23.0. The van der Waals surface area contributed by atoms with Gasteiger partial charge in [-0.3, -0.25) is 9.69 Å². The van der Waals surface area contributed by atoms with E-state index in [9.17, 15) is 19.5 Å². The minimum atomic E-state index is -1.15. The molecule has 2 N–H and O–H groups in total. The Morgan fingerprint density at radius 2 is 2.00 bits per heavy atom. The molecular weight excluding hydrogens is 286 g/mol. The molecule has 3 amide bonds. The Hall–Kier alpha value is -1.89. The topological polar surface area (TPSA) is 90.0 Å². The van der Waals surface area contributed by atoms with Gasteiger partial charge < -0.3 is 10.4 Å². The van der Waals surface area contributed by atoms with E-state index < -0.39 is 29.5 Å². The maximum Gasteiger partial charge on any atom is 0.327 e. The zero-order valence-electron chi connectivity index (χ0n) is 13.0. The summed E-state index contributed by atoms with van der Waals surface area (Å²) in [5, 5.41) is 12.1. The minimum absolute atomic E-state index is 0.344. The third-order valence-corrected chi connectivity index (χ3v) is 4.45. The molecule has 7 heteroatoms. The molecule has 0 radical (unpaired) electrons. The first-order chi connectivity index (χ1) is 10.3. The number of urea groups is 1. The van der Waals surface area contributed by atoms with E-state index in [2.05, 4.69) is 16.8 Å². The Labute approximate surface area is 129 Å². The van der Waals surface area contributed by atoms with E-state index in [4.69, 9.17) is 0 Å². The molecular formula is C15H23N3O4. The summed E-state index contributed by atoms with van der Waals surface area (Å²) in [6.07, 6.45) is 2.79. The van der Waals surface area contributed by atoms with Crippen molar-refractivity contribution in [3.8, 4) is 0 Å². The summed E-state index contributed by atoms with van der Waals surface area (Å²) in [5.41, 5.74) is -0.947. The lowest BCUT2D eigenvalue weighted by Gasteiger charge is -2.37. The number of aliphatic carboxylic acids is 1. The van der Waals surface area contributed by atoms with Crippen LogP contribution < -0.4 is 5.32 Å². The smallest absolute Gasteiger partial charge is 0.327 e. The van der Waals surface area contributed by atoms with Crippen LogP contribution in [0, 0.1) is 5.92 Å². The van der Waals surface area contributed by atoms with Crippen molar-refractivity contribution < 1.29 is 19.5 Å². The fourth-order valence-corrected chi connectivity index (χ4v) is 3.23. The van der Waals surface area contributed by atoms with Gasteiger partial charge in [0.25, 0.3) is 5.91 Å². The van der Waals surface area contributed by atoms with Crippen molar-refractivity contribution in [1.29, 1.82) is 0 Å². The van der Waals surface area contributed by atoms with Gasteiger partial charge in [-0.25, -0.2) is 14.5 Å². The highest BCUT2D eigenvalue weighted by molar-refractivity contribution is 6.09. The molecule has 122 valence electrons. The largest absolute Gasteiger partial charge is 0.480 e. The highest BCUT2D eigenvalue weighted by Gasteiger charge is 2.55. The molecule has 22 heavy (non-hydrogen) atoms. The Morgan fingerprint density at radius 3 is 2.45 bits per heavy atom. The first kappa shape index (κ1) is 16.5. The van der Waals surface area contributed by atoms with Gasteiger partial charge in [0, 0.05) is 19.6 Å². The molecule has 0 aromatic carbocycles. The van der Waals surface area contributed by atoms with Crippen molar-refractivity contribution in [2.24, 2.45) is 5.92 Å². The summed E-state index contributed by atoms with van der Waals surface area (Å²) in [7, 11) is 0. The number of hydrogen-bond acceptors (Lipinski definition) is 4. The second kappa shape index (κ2) is 6.08. The zero-order chi connectivity index (χ0) is 16.5. The molecule has 7 nitrogen and oxygen atoms in total. The lowest BCUT2D eigenvalue weighted by atomic mass is 9.87. The van der Waals surface area contributed by atoms with Crippen LogP contribution in [0.15, 0.2) is 12.7 Å². The van der Waals surface area contributed by atoms with Crippen molar-refractivity contribution in [2.45, 2.75) is 38.3 Å². The molecule has 2 aliphatic rings. The molecule has 2 fully saturated rings. The Bertz CT molecular complexity index is 495. The first-order valence-corrected chi connectivity index (χ1v) is 7.54. The molecule has 0 aromatic heterocycles. The van der Waals surface area contributed by atoms with Crippen LogP contribution in [-0.2, 0) is 9.59 Å². The van der Waals surface area contributed by atoms with Gasteiger partial charge in [-0.05, 0) is 18.8 Å². The van der Waals surface area contributed by atoms with E-state index in [0.29, 0.717) is 25.9 Å². The lowest BCUT2D eigenvalue weighted by molar-refractivity contribution is -0.150. The molecule has 2 saturated heterocycles. The Balaban J connectivity index is 2.19. The third kappa shape index (κ3) is 2.72. The number of hydrogen-bond donors (Lipinski definition) is 2. The summed E-state index contributed by atoms with van der Waals surface area (Å²) in [5.74, 6) is -1.90. The average Bonchev–Trinajstić information content (AvgIpc) is 2.66. The van der Waals surface area contributed by atoms with Gasteiger partial charge in [0.05, 0.1) is 0 Å². The van der Waals surface area contributed by atoms with Crippen LogP contribution in [0.1, 0.15) is 26.7 Å². The fraction of sp³-hybridized carbons (Fsp3) is 0.667. The lowest BCUT2D eigenvalue weighted by Crippen LogP contribution is -2.56. The van der Waals surface area contributed by atoms with Crippen LogP contribution in [0.3, 0.4) is 0 Å². The first-order valence-electron chi connectivity index (χ1n) is 7.54. The number of carbonyl (C=O) groups excluding carboxylic acids is 2. The predicted molar refractivity (Wildman–Crippen MR) is 80.2 cm³/mol. The highest BCUT2D eigenvalue weighted by Crippen LogP contribution is 2.31. The van der Waals surface area contributed by atoms with Crippen molar-refractivity contribution in [3.63, 3.8) is 0 Å². The van der Waals surface area contributed by atoms with Gasteiger partial charge in [0.15, 0.2) is 0 Å². The summed E-state index contributed by atoms with van der Waals surface area (Å²) >= 11 is 0. The quantitative estimate of drug-likeness (QED) is 0.575. The van der Waals surface area contributed by atoms with Crippen LogP contribution in [0.25, 0.3) is 0 Å². The maximum atomic E-state index is 12.7. The van der Waals surface area contributed by atoms with Gasteiger partial charge in [0.1, 0.15) is 11.6 Å². The molecule has 0 saturated carbocycles. The highest BCUT2D eigenvalue weighted by atomic mass is 16.4. The summed E-state index contributed by atoms with van der Waals surface area (Å²) in [6, 6.07) is -1.72. The zero-order valence-corrected chi connectivity index (χ0v) is 13.0. The van der Waals surface area contributed by atoms with Gasteiger partial charge in [-0.1, -0.05) is 19.9 Å². The SMILES string of the molecule is C=CCN1CCC2(CC1)NC(=O)N(C(C(=O)O)C(C)C)C2=O. The number of rotatable bonds is 5. The fourth-order valence-electron chi connectivity index (χ4n) is 3.23. The van der Waals surface area contributed by atoms with Crippen LogP contribution in [-0.4, -0.2) is 64.0 Å². The maximum absolute atomic E-state index is 12.7. The van der Waals surface area contributed by atoms with E-state index in [1.54, 1.807) is 19.9 Å². The number of carboxylic acid groups (broad SMARTS) is 1. The second-order valence-electron chi connectivity index (χ2n) is 6.30. The number of carboxylic acids is 1. The molecule has 1 unspecified atom stereocenters. The predicted octanol–water partition coefficient (Wildman–Crippen LogP) is 0.668. The number of likely N-dealkylation sites (tertiary alicyclic amines) is 1. The van der Waals surface area contributed by atoms with Crippen molar-refractivity contribution >= 4 is 17.9 Å². The summed E-state index contributed by atoms with van der Waals surface area (Å²) in [6.45, 7) is 9.16. The number of imide groups is 1. The van der Waals surface area contributed by atoms with Gasteiger partial charge in [-0.2, -0.15) is 0 Å². The molecule has 1 atom stereocenters.